The molecule has 33 heavy (non-hydrogen) atoms. The van der Waals surface area contributed by atoms with E-state index in [1.54, 1.807) is 37.2 Å². The van der Waals surface area contributed by atoms with Crippen molar-refractivity contribution in [2.45, 2.75) is 37.5 Å². The zero-order chi connectivity index (χ0) is 23.5. The number of amides is 3. The van der Waals surface area contributed by atoms with Gasteiger partial charge < -0.3 is 25.0 Å². The van der Waals surface area contributed by atoms with Crippen molar-refractivity contribution in [1.82, 2.24) is 10.2 Å². The number of rotatable bonds is 4. The summed E-state index contributed by atoms with van der Waals surface area (Å²) in [5.74, 6) is -1.23. The molecule has 2 aliphatic heterocycles. The summed E-state index contributed by atoms with van der Waals surface area (Å²) < 4.78 is 25.9. The molecule has 3 atom stereocenters. The molecule has 0 aromatic heterocycles. The van der Waals surface area contributed by atoms with Crippen molar-refractivity contribution in [2.24, 2.45) is 0 Å². The van der Waals surface area contributed by atoms with Gasteiger partial charge in [0.1, 0.15) is 24.3 Å². The van der Waals surface area contributed by atoms with Crippen LogP contribution in [0.25, 0.3) is 0 Å². The topological polar surface area (TPSA) is 97.0 Å². The maximum absolute atomic E-state index is 13.9. The highest BCUT2D eigenvalue weighted by Crippen LogP contribution is 2.32. The lowest BCUT2D eigenvalue weighted by molar-refractivity contribution is -0.133. The number of ether oxygens (including phenoxy) is 2. The maximum atomic E-state index is 13.9. The highest BCUT2D eigenvalue weighted by Gasteiger charge is 2.39. The van der Waals surface area contributed by atoms with E-state index in [0.29, 0.717) is 29.8 Å². The average molecular weight is 455 g/mol. The molecule has 2 heterocycles. The predicted octanol–water partition coefficient (Wildman–Crippen LogP) is 2.59. The van der Waals surface area contributed by atoms with Crippen LogP contribution >= 0.6 is 0 Å². The molecule has 0 unspecified atom stereocenters. The molecular formula is C24H26FN3O5. The van der Waals surface area contributed by atoms with Gasteiger partial charge in [-0.1, -0.05) is 12.1 Å². The minimum absolute atomic E-state index is 0.0857. The van der Waals surface area contributed by atoms with E-state index in [1.807, 2.05) is 0 Å². The Morgan fingerprint density at radius 3 is 2.73 bits per heavy atom. The van der Waals surface area contributed by atoms with Crippen LogP contribution in [-0.4, -0.2) is 61.6 Å². The molecule has 0 spiro atoms. The quantitative estimate of drug-likeness (QED) is 0.739. The Morgan fingerprint density at radius 1 is 1.18 bits per heavy atom. The fourth-order valence-electron chi connectivity index (χ4n) is 4.26. The number of carbonyl (C=O) groups excluding carboxylic acids is 3. The number of benzene rings is 2. The second-order valence-electron chi connectivity index (χ2n) is 8.19. The molecule has 0 radical (unpaired) electrons. The Kier molecular flexibility index (Phi) is 6.60. The third-order valence-electron chi connectivity index (χ3n) is 6.08. The first-order valence-corrected chi connectivity index (χ1v) is 10.8. The number of halogens is 1. The van der Waals surface area contributed by atoms with Crippen LogP contribution in [-0.2, 0) is 9.53 Å². The van der Waals surface area contributed by atoms with Crippen LogP contribution in [0.1, 0.15) is 40.0 Å². The molecular weight excluding hydrogens is 429 g/mol. The Hall–Kier alpha value is -3.46. The minimum Gasteiger partial charge on any atom is -0.490 e. The highest BCUT2D eigenvalue weighted by atomic mass is 19.1. The van der Waals surface area contributed by atoms with Crippen LogP contribution < -0.4 is 15.4 Å². The smallest absolute Gasteiger partial charge is 0.258 e. The molecule has 9 heteroatoms. The molecule has 2 aliphatic rings. The number of hydrogen-bond donors (Lipinski definition) is 2. The lowest BCUT2D eigenvalue weighted by atomic mass is 9.94. The van der Waals surface area contributed by atoms with Gasteiger partial charge in [-0.3, -0.25) is 14.4 Å². The number of nitrogens with zero attached hydrogens (tertiary/aromatic N) is 1. The number of carbonyl (C=O) groups is 3. The van der Waals surface area contributed by atoms with Gasteiger partial charge in [0.25, 0.3) is 11.8 Å². The number of fused-ring (bicyclic) bond motifs is 2. The monoisotopic (exact) mass is 455 g/mol. The fourth-order valence-corrected chi connectivity index (χ4v) is 4.26. The number of likely N-dealkylation sites (N-methyl/N-ethyl adjacent to an activating group) is 1. The maximum Gasteiger partial charge on any atom is 0.258 e. The zero-order valence-electron chi connectivity index (χ0n) is 18.5. The average Bonchev–Trinajstić information content (AvgIpc) is 2.82. The van der Waals surface area contributed by atoms with E-state index in [1.165, 1.54) is 24.3 Å². The van der Waals surface area contributed by atoms with Crippen molar-refractivity contribution in [2.75, 3.05) is 26.0 Å². The molecule has 1 fully saturated rings. The molecule has 0 bridgehead atoms. The van der Waals surface area contributed by atoms with Gasteiger partial charge in [0.15, 0.2) is 0 Å². The number of anilines is 1. The molecule has 1 saturated heterocycles. The van der Waals surface area contributed by atoms with Crippen LogP contribution in [0.4, 0.5) is 10.1 Å². The Labute approximate surface area is 191 Å². The van der Waals surface area contributed by atoms with Gasteiger partial charge in [0.2, 0.25) is 5.91 Å². The second kappa shape index (κ2) is 9.58. The first-order valence-electron chi connectivity index (χ1n) is 10.8. The minimum atomic E-state index is -0.626. The van der Waals surface area contributed by atoms with Crippen molar-refractivity contribution >= 4 is 23.4 Å². The van der Waals surface area contributed by atoms with Crippen molar-refractivity contribution in [3.63, 3.8) is 0 Å². The third kappa shape index (κ3) is 4.83. The summed E-state index contributed by atoms with van der Waals surface area (Å²) in [6, 6.07) is 10.2. The van der Waals surface area contributed by atoms with Gasteiger partial charge in [-0.15, -0.1) is 0 Å². The van der Waals surface area contributed by atoms with Gasteiger partial charge in [-0.25, -0.2) is 4.39 Å². The van der Waals surface area contributed by atoms with Crippen LogP contribution in [0.3, 0.4) is 0 Å². The molecule has 8 nitrogen and oxygen atoms in total. The van der Waals surface area contributed by atoms with Crippen molar-refractivity contribution in [3.8, 4) is 5.75 Å². The number of nitrogens with one attached hydrogen (secondary N) is 2. The summed E-state index contributed by atoms with van der Waals surface area (Å²) >= 11 is 0. The van der Waals surface area contributed by atoms with E-state index < -0.39 is 11.7 Å². The summed E-state index contributed by atoms with van der Waals surface area (Å²) in [6.07, 6.45) is 0.998. The summed E-state index contributed by atoms with van der Waals surface area (Å²) in [6.45, 7) is 0.223. The van der Waals surface area contributed by atoms with Gasteiger partial charge in [0, 0.05) is 19.8 Å². The standard InChI is InChI=1S/C24H26FN3O5/c1-26-22(29)12-15-8-9-19-21(33-15)13-32-20-10-7-14(11-17(20)24(31)28(19)2)27-23(30)16-5-3-4-6-18(16)25/h3-7,10-11,15,19,21H,8-9,12-13H2,1-2H3,(H,26,29)(H,27,30)/t15-,19+,21+/m1/s1. The summed E-state index contributed by atoms with van der Waals surface area (Å²) in [5, 5.41) is 5.24. The molecule has 2 aromatic carbocycles. The molecule has 2 aromatic rings. The summed E-state index contributed by atoms with van der Waals surface area (Å²) in [7, 11) is 3.30. The summed E-state index contributed by atoms with van der Waals surface area (Å²) in [5.41, 5.74) is 0.572. The number of hydrogen-bond acceptors (Lipinski definition) is 5. The molecule has 3 amide bonds. The van der Waals surface area contributed by atoms with E-state index in [0.717, 1.165) is 0 Å². The molecule has 0 saturated carbocycles. The van der Waals surface area contributed by atoms with Crippen LogP contribution in [0.2, 0.25) is 0 Å². The van der Waals surface area contributed by atoms with E-state index in [-0.39, 0.29) is 48.7 Å². The Bertz CT molecular complexity index is 1080. The van der Waals surface area contributed by atoms with E-state index >= 15 is 0 Å². The van der Waals surface area contributed by atoms with Crippen LogP contribution in [0.15, 0.2) is 42.5 Å². The lowest BCUT2D eigenvalue weighted by Crippen LogP contribution is -2.53. The van der Waals surface area contributed by atoms with E-state index in [2.05, 4.69) is 10.6 Å². The SMILES string of the molecule is CNC(=O)C[C@H]1CC[C@H]2[C@H](COc3ccc(NC(=O)c4ccccc4F)cc3C(=O)N2C)O1. The molecule has 0 aliphatic carbocycles. The van der Waals surface area contributed by atoms with Crippen molar-refractivity contribution < 1.29 is 28.2 Å². The predicted molar refractivity (Wildman–Crippen MR) is 119 cm³/mol. The summed E-state index contributed by atoms with van der Waals surface area (Å²) in [4.78, 5) is 39.1. The second-order valence-corrected chi connectivity index (χ2v) is 8.19. The zero-order valence-corrected chi connectivity index (χ0v) is 18.5. The van der Waals surface area contributed by atoms with Crippen LogP contribution in [0, 0.1) is 5.82 Å². The normalized spacial score (nSPS) is 22.2. The third-order valence-corrected chi connectivity index (χ3v) is 6.08. The Balaban J connectivity index is 1.52. The van der Waals surface area contributed by atoms with Gasteiger partial charge >= 0.3 is 0 Å². The van der Waals surface area contributed by atoms with Gasteiger partial charge in [0.05, 0.1) is 29.7 Å². The van der Waals surface area contributed by atoms with Crippen LogP contribution in [0.5, 0.6) is 5.75 Å². The lowest BCUT2D eigenvalue weighted by Gasteiger charge is -2.42. The van der Waals surface area contributed by atoms with Crippen molar-refractivity contribution in [3.05, 3.63) is 59.4 Å². The fraction of sp³-hybridized carbons (Fsp3) is 0.375. The highest BCUT2D eigenvalue weighted by molar-refractivity contribution is 6.05. The molecule has 2 N–H and O–H groups in total. The molecule has 174 valence electrons. The first-order chi connectivity index (χ1) is 15.9. The van der Waals surface area contributed by atoms with Gasteiger partial charge in [-0.05, 0) is 43.2 Å². The Morgan fingerprint density at radius 2 is 1.97 bits per heavy atom. The van der Waals surface area contributed by atoms with E-state index in [4.69, 9.17) is 9.47 Å². The van der Waals surface area contributed by atoms with Crippen molar-refractivity contribution in [1.29, 1.82) is 0 Å². The largest absolute Gasteiger partial charge is 0.490 e. The van der Waals surface area contributed by atoms with Gasteiger partial charge in [-0.2, -0.15) is 0 Å². The molecule has 4 rings (SSSR count). The first kappa shape index (κ1) is 22.7. The van der Waals surface area contributed by atoms with E-state index in [9.17, 15) is 18.8 Å².